The molecule has 0 saturated heterocycles. The first-order valence-corrected chi connectivity index (χ1v) is 10.7. The fourth-order valence-corrected chi connectivity index (χ4v) is 4.31. The zero-order valence-corrected chi connectivity index (χ0v) is 17.2. The van der Waals surface area contributed by atoms with Crippen LogP contribution in [0.1, 0.15) is 19.0 Å². The van der Waals surface area contributed by atoms with E-state index in [0.29, 0.717) is 19.5 Å². The second-order valence-electron chi connectivity index (χ2n) is 6.59. The van der Waals surface area contributed by atoms with Crippen molar-refractivity contribution in [1.82, 2.24) is 13.9 Å². The highest BCUT2D eigenvalue weighted by Gasteiger charge is 2.38. The largest absolute Gasteiger partial charge is 0.490 e. The summed E-state index contributed by atoms with van der Waals surface area (Å²) in [5.74, 6) is -3.34. The van der Waals surface area contributed by atoms with Gasteiger partial charge in [0.15, 0.2) is 5.82 Å². The maximum Gasteiger partial charge on any atom is 0.490 e. The number of pyridine rings is 1. The van der Waals surface area contributed by atoms with Gasteiger partial charge in [-0.1, -0.05) is 6.92 Å². The molecule has 1 N–H and O–H groups in total. The summed E-state index contributed by atoms with van der Waals surface area (Å²) in [5.41, 5.74) is 0.891. The summed E-state index contributed by atoms with van der Waals surface area (Å²) in [4.78, 5) is 12.8. The van der Waals surface area contributed by atoms with Crippen LogP contribution >= 0.6 is 0 Å². The first-order chi connectivity index (χ1) is 14.4. The van der Waals surface area contributed by atoms with E-state index in [1.54, 1.807) is 0 Å². The van der Waals surface area contributed by atoms with Crippen LogP contribution in [0.25, 0.3) is 0 Å². The third kappa shape index (κ3) is 6.92. The monoisotopic (exact) mass is 467 g/mol. The molecule has 1 aliphatic heterocycles. The lowest BCUT2D eigenvalue weighted by molar-refractivity contribution is -0.192. The lowest BCUT2D eigenvalue weighted by Gasteiger charge is -2.24. The summed E-state index contributed by atoms with van der Waals surface area (Å²) >= 11 is 0. The normalized spacial score (nSPS) is 17.1. The quantitative estimate of drug-likeness (QED) is 0.679. The van der Waals surface area contributed by atoms with E-state index in [0.717, 1.165) is 5.69 Å². The third-order valence-electron chi connectivity index (χ3n) is 4.17. The van der Waals surface area contributed by atoms with E-state index in [2.05, 4.69) is 4.98 Å². The van der Waals surface area contributed by atoms with E-state index in [1.165, 1.54) is 22.6 Å². The molecule has 0 aliphatic carbocycles. The standard InChI is InChI=1S/C16H20FN3O3S.C2HF3O2/c1-2-9-24(21,22)20-10-13-5-4-8-19(13)11-14(12-20)23-16-15(17)6-3-7-18-16;3-2(4,5)1(6)7/h3-8,14H,2,9-12H2,1H3;(H,6,7). The van der Waals surface area contributed by atoms with Crippen molar-refractivity contribution in [2.24, 2.45) is 0 Å². The van der Waals surface area contributed by atoms with E-state index < -0.39 is 34.1 Å². The van der Waals surface area contributed by atoms with Gasteiger partial charge in [-0.2, -0.15) is 17.5 Å². The topological polar surface area (TPSA) is 102 Å². The van der Waals surface area contributed by atoms with Crippen LogP contribution < -0.4 is 4.74 Å². The zero-order chi connectivity index (χ0) is 23.2. The van der Waals surface area contributed by atoms with Crippen LogP contribution in [-0.2, 0) is 27.9 Å². The van der Waals surface area contributed by atoms with E-state index in [1.807, 2.05) is 29.8 Å². The molecule has 3 rings (SSSR count). The predicted molar refractivity (Wildman–Crippen MR) is 101 cm³/mol. The van der Waals surface area contributed by atoms with Gasteiger partial charge >= 0.3 is 12.1 Å². The minimum absolute atomic E-state index is 0.0817. The SMILES string of the molecule is CCCS(=O)(=O)N1Cc2cccn2CC(Oc2ncccc2F)C1.O=C(O)C(F)(F)F. The number of carbonyl (C=O) groups is 1. The minimum Gasteiger partial charge on any atom is -0.475 e. The van der Waals surface area contributed by atoms with Gasteiger partial charge in [0.05, 0.1) is 25.4 Å². The summed E-state index contributed by atoms with van der Waals surface area (Å²) in [6.45, 7) is 2.73. The van der Waals surface area contributed by atoms with Crippen LogP contribution in [0.4, 0.5) is 17.6 Å². The number of rotatable bonds is 5. The number of hydrogen-bond donors (Lipinski definition) is 1. The summed E-state index contributed by atoms with van der Waals surface area (Å²) in [7, 11) is -3.39. The summed E-state index contributed by atoms with van der Waals surface area (Å²) < 4.78 is 79.6. The van der Waals surface area contributed by atoms with Gasteiger partial charge in [-0.25, -0.2) is 22.6 Å². The number of sulfonamides is 1. The Morgan fingerprint density at radius 3 is 2.55 bits per heavy atom. The number of halogens is 4. The van der Waals surface area contributed by atoms with Gasteiger partial charge < -0.3 is 14.4 Å². The van der Waals surface area contributed by atoms with Crippen molar-refractivity contribution >= 4 is 16.0 Å². The van der Waals surface area contributed by atoms with Gasteiger partial charge in [0.1, 0.15) is 6.10 Å². The number of hydrogen-bond acceptors (Lipinski definition) is 5. The Hall–Kier alpha value is -2.67. The fraction of sp³-hybridized carbons (Fsp3) is 0.444. The van der Waals surface area contributed by atoms with Crippen molar-refractivity contribution < 1.29 is 40.6 Å². The fourth-order valence-electron chi connectivity index (χ4n) is 2.81. The lowest BCUT2D eigenvalue weighted by Crippen LogP contribution is -2.39. The Morgan fingerprint density at radius 1 is 1.29 bits per heavy atom. The average Bonchev–Trinajstić information content (AvgIpc) is 3.01. The molecule has 0 aromatic carbocycles. The van der Waals surface area contributed by atoms with Crippen LogP contribution in [0.15, 0.2) is 36.7 Å². The Labute approximate surface area is 176 Å². The molecule has 172 valence electrons. The van der Waals surface area contributed by atoms with Crippen molar-refractivity contribution in [2.75, 3.05) is 12.3 Å². The van der Waals surface area contributed by atoms with Crippen LogP contribution in [0.3, 0.4) is 0 Å². The molecule has 2 aromatic heterocycles. The van der Waals surface area contributed by atoms with Crippen LogP contribution in [0.2, 0.25) is 0 Å². The molecule has 13 heteroatoms. The summed E-state index contributed by atoms with van der Waals surface area (Å²) in [6, 6.07) is 6.50. The molecule has 0 radical (unpaired) electrons. The Kier molecular flexibility index (Phi) is 8.01. The molecule has 31 heavy (non-hydrogen) atoms. The number of carboxylic acid groups (broad SMARTS) is 1. The number of fused-ring (bicyclic) bond motifs is 1. The van der Waals surface area contributed by atoms with Gasteiger partial charge in [-0.15, -0.1) is 0 Å². The number of nitrogens with zero attached hydrogens (tertiary/aromatic N) is 3. The number of aliphatic carboxylic acids is 1. The maximum atomic E-state index is 13.8. The third-order valence-corrected chi connectivity index (χ3v) is 6.16. The second kappa shape index (κ2) is 10.1. The van der Waals surface area contributed by atoms with E-state index in [4.69, 9.17) is 14.6 Å². The first-order valence-electron chi connectivity index (χ1n) is 9.13. The number of carboxylic acids is 1. The van der Waals surface area contributed by atoms with Crippen molar-refractivity contribution in [2.45, 2.75) is 38.7 Å². The Bertz CT molecular complexity index is 994. The molecular formula is C18H21F4N3O5S. The van der Waals surface area contributed by atoms with Gasteiger partial charge in [-0.05, 0) is 30.7 Å². The van der Waals surface area contributed by atoms with Crippen LogP contribution in [-0.4, -0.2) is 57.9 Å². The van der Waals surface area contributed by atoms with Crippen molar-refractivity contribution in [1.29, 1.82) is 0 Å². The Balaban J connectivity index is 0.000000423. The highest BCUT2D eigenvalue weighted by molar-refractivity contribution is 7.89. The molecule has 3 heterocycles. The van der Waals surface area contributed by atoms with E-state index in [-0.39, 0.29) is 18.2 Å². The molecule has 8 nitrogen and oxygen atoms in total. The van der Waals surface area contributed by atoms with Gasteiger partial charge in [0.25, 0.3) is 5.88 Å². The highest BCUT2D eigenvalue weighted by Crippen LogP contribution is 2.21. The summed E-state index contributed by atoms with van der Waals surface area (Å²) in [6.07, 6.45) is -1.74. The van der Waals surface area contributed by atoms with Gasteiger partial charge in [0.2, 0.25) is 10.0 Å². The number of aromatic nitrogens is 2. The van der Waals surface area contributed by atoms with Gasteiger partial charge in [-0.3, -0.25) is 0 Å². The van der Waals surface area contributed by atoms with E-state index in [9.17, 15) is 26.0 Å². The molecule has 0 spiro atoms. The highest BCUT2D eigenvalue weighted by atomic mass is 32.2. The zero-order valence-electron chi connectivity index (χ0n) is 16.4. The molecule has 0 saturated carbocycles. The molecule has 1 unspecified atom stereocenters. The molecule has 1 aliphatic rings. The summed E-state index contributed by atoms with van der Waals surface area (Å²) in [5, 5.41) is 7.12. The number of ether oxygens (including phenoxy) is 1. The molecule has 0 bridgehead atoms. The molecule has 1 atom stereocenters. The van der Waals surface area contributed by atoms with Crippen LogP contribution in [0, 0.1) is 5.82 Å². The average molecular weight is 467 g/mol. The van der Waals surface area contributed by atoms with Crippen molar-refractivity contribution in [3.05, 3.63) is 48.2 Å². The molecular weight excluding hydrogens is 446 g/mol. The first kappa shape index (κ1) is 24.6. The lowest BCUT2D eigenvalue weighted by atomic mass is 10.3. The molecule has 0 fully saturated rings. The predicted octanol–water partition coefficient (Wildman–Crippen LogP) is 2.66. The van der Waals surface area contributed by atoms with Crippen molar-refractivity contribution in [3.63, 3.8) is 0 Å². The Morgan fingerprint density at radius 2 is 1.97 bits per heavy atom. The maximum absolute atomic E-state index is 13.8. The van der Waals surface area contributed by atoms with Gasteiger partial charge in [0, 0.05) is 18.1 Å². The minimum atomic E-state index is -5.08. The van der Waals surface area contributed by atoms with Crippen LogP contribution in [0.5, 0.6) is 5.88 Å². The number of alkyl halides is 3. The molecule has 0 amide bonds. The van der Waals surface area contributed by atoms with Crippen molar-refractivity contribution in [3.8, 4) is 5.88 Å². The smallest absolute Gasteiger partial charge is 0.475 e. The molecule has 2 aromatic rings. The van der Waals surface area contributed by atoms with E-state index >= 15 is 0 Å². The second-order valence-corrected chi connectivity index (χ2v) is 8.68.